The minimum absolute atomic E-state index is 0.185. The smallest absolute Gasteiger partial charge is 0.330 e. The summed E-state index contributed by atoms with van der Waals surface area (Å²) in [6.45, 7) is 0.677. The predicted octanol–water partition coefficient (Wildman–Crippen LogP) is 0.900. The Hall–Kier alpha value is -1.76. The molecule has 118 valence electrons. The van der Waals surface area contributed by atoms with E-state index in [0.717, 1.165) is 25.7 Å². The summed E-state index contributed by atoms with van der Waals surface area (Å²) in [6.07, 6.45) is 6.82. The van der Waals surface area contributed by atoms with Crippen molar-refractivity contribution in [3.05, 3.63) is 20.8 Å². The van der Waals surface area contributed by atoms with Crippen LogP contribution in [0.4, 0.5) is 11.5 Å². The summed E-state index contributed by atoms with van der Waals surface area (Å²) < 4.78 is 6.30. The number of aromatic amines is 1. The summed E-state index contributed by atoms with van der Waals surface area (Å²) in [4.78, 5) is 26.1. The third-order valence-electron chi connectivity index (χ3n) is 3.96. The van der Waals surface area contributed by atoms with Gasteiger partial charge in [-0.05, 0) is 12.8 Å². The SMILES string of the molecule is COCCn1c(N)c(NC2CCCCCC2)c(=O)[nH]c1=O. The van der Waals surface area contributed by atoms with Crippen LogP contribution in [0.5, 0.6) is 0 Å². The summed E-state index contributed by atoms with van der Waals surface area (Å²) in [7, 11) is 1.55. The molecule has 1 aliphatic rings. The van der Waals surface area contributed by atoms with E-state index in [4.69, 9.17) is 10.5 Å². The number of nitrogens with one attached hydrogen (secondary N) is 2. The number of nitrogens with two attached hydrogens (primary N) is 1. The molecule has 1 aromatic rings. The maximum absolute atomic E-state index is 12.0. The van der Waals surface area contributed by atoms with Crippen LogP contribution in [0.15, 0.2) is 9.59 Å². The van der Waals surface area contributed by atoms with Crippen molar-refractivity contribution in [1.82, 2.24) is 9.55 Å². The number of ether oxygens (including phenoxy) is 1. The van der Waals surface area contributed by atoms with Gasteiger partial charge in [0.05, 0.1) is 13.2 Å². The summed E-state index contributed by atoms with van der Waals surface area (Å²) in [5, 5.41) is 3.23. The number of nitrogens with zero attached hydrogens (tertiary/aromatic N) is 1. The van der Waals surface area contributed by atoms with E-state index in [2.05, 4.69) is 10.3 Å². The van der Waals surface area contributed by atoms with Crippen molar-refractivity contribution in [2.75, 3.05) is 24.8 Å². The molecule has 7 heteroatoms. The summed E-state index contributed by atoms with van der Waals surface area (Å²) in [5.74, 6) is 0.185. The van der Waals surface area contributed by atoms with Gasteiger partial charge in [-0.15, -0.1) is 0 Å². The van der Waals surface area contributed by atoms with Gasteiger partial charge in [0, 0.05) is 13.2 Å². The number of H-pyrrole nitrogens is 1. The molecule has 2 rings (SSSR count). The molecule has 1 saturated carbocycles. The standard InChI is InChI=1S/C14H24N4O3/c1-21-9-8-18-12(15)11(13(19)17-14(18)20)16-10-6-4-2-3-5-7-10/h10,16H,2-9,15H2,1H3,(H,17,19,20). The van der Waals surface area contributed by atoms with Crippen LogP contribution in [0.2, 0.25) is 0 Å². The molecule has 0 saturated heterocycles. The fraction of sp³-hybridized carbons (Fsp3) is 0.714. The van der Waals surface area contributed by atoms with Gasteiger partial charge in [0.25, 0.3) is 5.56 Å². The van der Waals surface area contributed by atoms with E-state index in [1.54, 1.807) is 7.11 Å². The van der Waals surface area contributed by atoms with Crippen LogP contribution in [0, 0.1) is 0 Å². The van der Waals surface area contributed by atoms with Crippen LogP contribution in [0.3, 0.4) is 0 Å². The van der Waals surface area contributed by atoms with Gasteiger partial charge in [0.1, 0.15) is 11.5 Å². The van der Waals surface area contributed by atoms with Crippen molar-refractivity contribution in [1.29, 1.82) is 0 Å². The number of methoxy groups -OCH3 is 1. The minimum Gasteiger partial charge on any atom is -0.383 e. The highest BCUT2D eigenvalue weighted by Crippen LogP contribution is 2.21. The molecule has 0 spiro atoms. The Morgan fingerprint density at radius 2 is 1.95 bits per heavy atom. The first-order valence-electron chi connectivity index (χ1n) is 7.51. The molecule has 21 heavy (non-hydrogen) atoms. The van der Waals surface area contributed by atoms with E-state index in [1.165, 1.54) is 17.4 Å². The summed E-state index contributed by atoms with van der Waals surface area (Å²) >= 11 is 0. The summed E-state index contributed by atoms with van der Waals surface area (Å²) in [6, 6.07) is 0.240. The van der Waals surface area contributed by atoms with Crippen molar-refractivity contribution in [3.8, 4) is 0 Å². The first-order valence-corrected chi connectivity index (χ1v) is 7.51. The van der Waals surface area contributed by atoms with Crippen molar-refractivity contribution in [2.45, 2.75) is 51.1 Å². The molecular formula is C14H24N4O3. The molecule has 0 aliphatic heterocycles. The van der Waals surface area contributed by atoms with Crippen molar-refractivity contribution < 1.29 is 4.74 Å². The van der Waals surface area contributed by atoms with E-state index >= 15 is 0 Å². The zero-order valence-electron chi connectivity index (χ0n) is 12.5. The second-order valence-corrected chi connectivity index (χ2v) is 5.50. The Bertz CT molecular complexity index is 571. The molecule has 0 unspecified atom stereocenters. The molecule has 1 heterocycles. The molecule has 7 nitrogen and oxygen atoms in total. The Balaban J connectivity index is 2.25. The van der Waals surface area contributed by atoms with Crippen LogP contribution in [0.1, 0.15) is 38.5 Å². The van der Waals surface area contributed by atoms with E-state index in [9.17, 15) is 9.59 Å². The van der Waals surface area contributed by atoms with Crippen LogP contribution in [0.25, 0.3) is 0 Å². The van der Waals surface area contributed by atoms with Gasteiger partial charge >= 0.3 is 5.69 Å². The van der Waals surface area contributed by atoms with Crippen molar-refractivity contribution in [3.63, 3.8) is 0 Å². The molecule has 4 N–H and O–H groups in total. The molecule has 0 amide bonds. The second-order valence-electron chi connectivity index (χ2n) is 5.50. The molecule has 0 atom stereocenters. The van der Waals surface area contributed by atoms with E-state index < -0.39 is 11.2 Å². The Labute approximate surface area is 123 Å². The average molecular weight is 296 g/mol. The maximum atomic E-state index is 12.0. The lowest BCUT2D eigenvalue weighted by molar-refractivity contribution is 0.186. The lowest BCUT2D eigenvalue weighted by atomic mass is 10.1. The van der Waals surface area contributed by atoms with Gasteiger partial charge < -0.3 is 15.8 Å². The first-order chi connectivity index (χ1) is 10.1. The predicted molar refractivity (Wildman–Crippen MR) is 82.7 cm³/mol. The van der Waals surface area contributed by atoms with Crippen LogP contribution >= 0.6 is 0 Å². The lowest BCUT2D eigenvalue weighted by Crippen LogP contribution is -2.36. The molecule has 1 fully saturated rings. The largest absolute Gasteiger partial charge is 0.383 e. The molecule has 0 aromatic carbocycles. The topological polar surface area (TPSA) is 102 Å². The van der Waals surface area contributed by atoms with E-state index in [-0.39, 0.29) is 11.9 Å². The van der Waals surface area contributed by atoms with Gasteiger partial charge in [-0.1, -0.05) is 25.7 Å². The summed E-state index contributed by atoms with van der Waals surface area (Å²) in [5.41, 5.74) is 5.36. The average Bonchev–Trinajstić information content (AvgIpc) is 2.72. The van der Waals surface area contributed by atoms with E-state index in [0.29, 0.717) is 18.8 Å². The van der Waals surface area contributed by atoms with Crippen molar-refractivity contribution >= 4 is 11.5 Å². The highest BCUT2D eigenvalue weighted by atomic mass is 16.5. The number of rotatable bonds is 5. The van der Waals surface area contributed by atoms with Crippen LogP contribution in [-0.4, -0.2) is 29.3 Å². The van der Waals surface area contributed by atoms with Gasteiger partial charge in [-0.25, -0.2) is 4.79 Å². The van der Waals surface area contributed by atoms with Gasteiger partial charge in [-0.2, -0.15) is 0 Å². The molecule has 1 aromatic heterocycles. The third kappa shape index (κ3) is 3.87. The van der Waals surface area contributed by atoms with Gasteiger partial charge in [0.15, 0.2) is 0 Å². The highest BCUT2D eigenvalue weighted by Gasteiger charge is 2.17. The zero-order chi connectivity index (χ0) is 15.2. The fourth-order valence-corrected chi connectivity index (χ4v) is 2.76. The number of hydrogen-bond acceptors (Lipinski definition) is 5. The Kier molecular flexibility index (Phi) is 5.44. The monoisotopic (exact) mass is 296 g/mol. The van der Waals surface area contributed by atoms with Gasteiger partial charge in [-0.3, -0.25) is 14.3 Å². The highest BCUT2D eigenvalue weighted by molar-refractivity contribution is 5.60. The third-order valence-corrected chi connectivity index (χ3v) is 3.96. The molecule has 0 radical (unpaired) electrons. The number of aromatic nitrogens is 2. The molecule has 0 bridgehead atoms. The fourth-order valence-electron chi connectivity index (χ4n) is 2.76. The first kappa shape index (κ1) is 15.6. The zero-order valence-corrected chi connectivity index (χ0v) is 12.5. The van der Waals surface area contributed by atoms with Crippen molar-refractivity contribution in [2.24, 2.45) is 0 Å². The maximum Gasteiger partial charge on any atom is 0.330 e. The normalized spacial score (nSPS) is 16.6. The lowest BCUT2D eigenvalue weighted by Gasteiger charge is -2.19. The van der Waals surface area contributed by atoms with Crippen LogP contribution in [-0.2, 0) is 11.3 Å². The van der Waals surface area contributed by atoms with E-state index in [1.807, 2.05) is 0 Å². The Morgan fingerprint density at radius 3 is 2.57 bits per heavy atom. The Morgan fingerprint density at radius 1 is 1.29 bits per heavy atom. The molecule has 1 aliphatic carbocycles. The second kappa shape index (κ2) is 7.31. The number of hydrogen-bond donors (Lipinski definition) is 3. The number of nitrogen functional groups attached to an aromatic ring is 1. The number of anilines is 2. The molecular weight excluding hydrogens is 272 g/mol. The quantitative estimate of drug-likeness (QED) is 0.701. The minimum atomic E-state index is -0.499. The van der Waals surface area contributed by atoms with Gasteiger partial charge in [0.2, 0.25) is 0 Å². The van der Waals surface area contributed by atoms with Crippen LogP contribution < -0.4 is 22.3 Å².